The van der Waals surface area contributed by atoms with Crippen LogP contribution >= 0.6 is 15.9 Å². The first kappa shape index (κ1) is 11.2. The van der Waals surface area contributed by atoms with Gasteiger partial charge in [-0.25, -0.2) is 0 Å². The molecule has 0 N–H and O–H groups in total. The number of hydrogen-bond acceptors (Lipinski definition) is 1. The fourth-order valence-corrected chi connectivity index (χ4v) is 1.88. The van der Waals surface area contributed by atoms with E-state index in [1.165, 1.54) is 0 Å². The first-order valence-corrected chi connectivity index (χ1v) is 5.36. The van der Waals surface area contributed by atoms with E-state index in [4.69, 9.17) is 0 Å². The minimum atomic E-state index is 0.346. The van der Waals surface area contributed by atoms with Crippen LogP contribution in [0.5, 0.6) is 0 Å². The van der Waals surface area contributed by atoms with Crippen LogP contribution in [0.25, 0.3) is 5.57 Å². The third kappa shape index (κ3) is 2.55. The Labute approximate surface area is 93.0 Å². The van der Waals surface area contributed by atoms with Gasteiger partial charge in [0.25, 0.3) is 0 Å². The molecule has 0 fully saturated rings. The molecular weight excluding hydrogens is 240 g/mol. The average Bonchev–Trinajstić information content (AvgIpc) is 2.15. The van der Waals surface area contributed by atoms with Gasteiger partial charge < -0.3 is 0 Å². The topological polar surface area (TPSA) is 17.1 Å². The van der Waals surface area contributed by atoms with Gasteiger partial charge in [-0.1, -0.05) is 48.0 Å². The lowest BCUT2D eigenvalue weighted by Crippen LogP contribution is -1.95. The zero-order valence-corrected chi connectivity index (χ0v) is 9.91. The fraction of sp³-hybridized carbons (Fsp3) is 0.250. The summed E-state index contributed by atoms with van der Waals surface area (Å²) in [7, 11) is 0. The molecule has 0 aromatic heterocycles. The van der Waals surface area contributed by atoms with Crippen LogP contribution in [0.15, 0.2) is 34.8 Å². The third-order valence-corrected chi connectivity index (χ3v) is 2.75. The molecule has 0 atom stereocenters. The van der Waals surface area contributed by atoms with Crippen LogP contribution in [0.3, 0.4) is 0 Å². The quantitative estimate of drug-likeness (QED) is 0.593. The summed E-state index contributed by atoms with van der Waals surface area (Å²) in [5.41, 5.74) is 2.15. The second-order valence-electron chi connectivity index (χ2n) is 3.39. The maximum Gasteiger partial charge on any atom is 0.143 e. The van der Waals surface area contributed by atoms with E-state index in [1.54, 1.807) is 6.08 Å². The second-order valence-corrected chi connectivity index (χ2v) is 4.25. The zero-order chi connectivity index (χ0) is 10.6. The zero-order valence-electron chi connectivity index (χ0n) is 8.33. The molecule has 0 amide bonds. The Balaban J connectivity index is 3.19. The van der Waals surface area contributed by atoms with Crippen molar-refractivity contribution in [3.8, 4) is 0 Å². The lowest BCUT2D eigenvalue weighted by molar-refractivity contribution is -0.104. The van der Waals surface area contributed by atoms with Crippen LogP contribution in [-0.4, -0.2) is 6.29 Å². The lowest BCUT2D eigenvalue weighted by Gasteiger charge is -2.12. The lowest BCUT2D eigenvalue weighted by atomic mass is 9.95. The molecule has 0 saturated carbocycles. The molecular formula is C12H13BrO. The Bertz CT molecular complexity index is 353. The third-order valence-electron chi connectivity index (χ3n) is 2.05. The van der Waals surface area contributed by atoms with Crippen molar-refractivity contribution >= 4 is 27.8 Å². The molecule has 0 spiro atoms. The molecule has 0 aliphatic rings. The van der Waals surface area contributed by atoms with Crippen LogP contribution in [-0.2, 0) is 4.79 Å². The van der Waals surface area contributed by atoms with Crippen LogP contribution < -0.4 is 0 Å². The van der Waals surface area contributed by atoms with E-state index in [0.717, 1.165) is 21.9 Å². The van der Waals surface area contributed by atoms with E-state index in [-0.39, 0.29) is 0 Å². The minimum absolute atomic E-state index is 0.346. The van der Waals surface area contributed by atoms with E-state index in [9.17, 15) is 4.79 Å². The number of aldehydes is 1. The Morgan fingerprint density at radius 3 is 2.50 bits per heavy atom. The van der Waals surface area contributed by atoms with Gasteiger partial charge >= 0.3 is 0 Å². The van der Waals surface area contributed by atoms with E-state index in [1.807, 2.05) is 24.3 Å². The number of benzene rings is 1. The van der Waals surface area contributed by atoms with Crippen molar-refractivity contribution in [2.75, 3.05) is 0 Å². The number of carbonyl (C=O) groups is 1. The van der Waals surface area contributed by atoms with Gasteiger partial charge in [0.15, 0.2) is 0 Å². The first-order chi connectivity index (χ1) is 6.66. The Morgan fingerprint density at radius 2 is 2.00 bits per heavy atom. The largest absolute Gasteiger partial charge is 0.299 e. The normalized spacial score (nSPS) is 11.9. The van der Waals surface area contributed by atoms with Crippen LogP contribution in [0.4, 0.5) is 0 Å². The van der Waals surface area contributed by atoms with E-state index in [0.29, 0.717) is 5.92 Å². The molecule has 0 heterocycles. The predicted octanol–water partition coefficient (Wildman–Crippen LogP) is 3.69. The molecule has 0 radical (unpaired) electrons. The summed E-state index contributed by atoms with van der Waals surface area (Å²) >= 11 is 3.48. The summed E-state index contributed by atoms with van der Waals surface area (Å²) in [5, 5.41) is 0. The van der Waals surface area contributed by atoms with Gasteiger partial charge in [0, 0.05) is 4.47 Å². The van der Waals surface area contributed by atoms with Crippen molar-refractivity contribution in [3.05, 3.63) is 40.4 Å². The van der Waals surface area contributed by atoms with Crippen molar-refractivity contribution in [2.45, 2.75) is 13.8 Å². The highest BCUT2D eigenvalue weighted by atomic mass is 79.9. The number of carbonyl (C=O) groups excluding carboxylic acids is 1. The fourth-order valence-electron chi connectivity index (χ4n) is 1.36. The highest BCUT2D eigenvalue weighted by molar-refractivity contribution is 9.10. The molecule has 0 aliphatic carbocycles. The number of allylic oxidation sites excluding steroid dienone is 2. The summed E-state index contributed by atoms with van der Waals surface area (Å²) in [5.74, 6) is 0.346. The van der Waals surface area contributed by atoms with Crippen LogP contribution in [0.1, 0.15) is 19.4 Å². The van der Waals surface area contributed by atoms with Gasteiger partial charge in [-0.2, -0.15) is 0 Å². The van der Waals surface area contributed by atoms with Gasteiger partial charge in [0.05, 0.1) is 0 Å². The van der Waals surface area contributed by atoms with Crippen molar-refractivity contribution in [2.24, 2.45) is 5.92 Å². The van der Waals surface area contributed by atoms with Gasteiger partial charge in [-0.15, -0.1) is 0 Å². The van der Waals surface area contributed by atoms with Gasteiger partial charge in [-0.3, -0.25) is 4.79 Å². The van der Waals surface area contributed by atoms with Crippen molar-refractivity contribution < 1.29 is 4.79 Å². The number of halogens is 1. The molecule has 0 aliphatic heterocycles. The van der Waals surface area contributed by atoms with Gasteiger partial charge in [0.2, 0.25) is 0 Å². The Morgan fingerprint density at radius 1 is 1.36 bits per heavy atom. The standard InChI is InChI=1S/C12H13BrO/c1-9(2)10(7-8-14)11-5-3-4-6-12(11)13/h3-9H,1-2H3/b10-7-. The molecule has 1 aromatic carbocycles. The highest BCUT2D eigenvalue weighted by Gasteiger charge is 2.08. The molecule has 14 heavy (non-hydrogen) atoms. The van der Waals surface area contributed by atoms with E-state index >= 15 is 0 Å². The molecule has 0 saturated heterocycles. The van der Waals surface area contributed by atoms with Crippen LogP contribution in [0.2, 0.25) is 0 Å². The Hall–Kier alpha value is -0.890. The predicted molar refractivity (Wildman–Crippen MR) is 63.0 cm³/mol. The number of rotatable bonds is 3. The van der Waals surface area contributed by atoms with Gasteiger partial charge in [0.1, 0.15) is 6.29 Å². The molecule has 1 rings (SSSR count). The molecule has 0 unspecified atom stereocenters. The summed E-state index contributed by atoms with van der Waals surface area (Å²) in [6.45, 7) is 4.16. The molecule has 2 heteroatoms. The first-order valence-electron chi connectivity index (χ1n) is 4.57. The number of hydrogen-bond donors (Lipinski definition) is 0. The second kappa shape index (κ2) is 5.11. The Kier molecular flexibility index (Phi) is 4.08. The monoisotopic (exact) mass is 252 g/mol. The van der Waals surface area contributed by atoms with E-state index < -0.39 is 0 Å². The summed E-state index contributed by atoms with van der Waals surface area (Å²) in [6.07, 6.45) is 2.47. The summed E-state index contributed by atoms with van der Waals surface area (Å²) in [4.78, 5) is 10.5. The van der Waals surface area contributed by atoms with E-state index in [2.05, 4.69) is 29.8 Å². The van der Waals surface area contributed by atoms with Crippen molar-refractivity contribution in [1.29, 1.82) is 0 Å². The molecule has 74 valence electrons. The smallest absolute Gasteiger partial charge is 0.143 e. The SMILES string of the molecule is CC(C)/C(=C/C=O)c1ccccc1Br. The maximum absolute atomic E-state index is 10.5. The maximum atomic E-state index is 10.5. The van der Waals surface area contributed by atoms with Crippen molar-refractivity contribution in [1.82, 2.24) is 0 Å². The average molecular weight is 253 g/mol. The molecule has 1 nitrogen and oxygen atoms in total. The van der Waals surface area contributed by atoms with Crippen molar-refractivity contribution in [3.63, 3.8) is 0 Å². The summed E-state index contributed by atoms with van der Waals surface area (Å²) < 4.78 is 1.03. The summed E-state index contributed by atoms with van der Waals surface area (Å²) in [6, 6.07) is 7.93. The molecule has 1 aromatic rings. The molecule has 0 bridgehead atoms. The minimum Gasteiger partial charge on any atom is -0.299 e. The van der Waals surface area contributed by atoms with Gasteiger partial charge in [-0.05, 0) is 29.2 Å². The highest BCUT2D eigenvalue weighted by Crippen LogP contribution is 2.28. The van der Waals surface area contributed by atoms with Crippen LogP contribution in [0, 0.1) is 5.92 Å².